The number of methoxy groups -OCH3 is 1. The molecule has 1 aliphatic rings. The number of esters is 1. The summed E-state index contributed by atoms with van der Waals surface area (Å²) in [6.45, 7) is 3.84. The van der Waals surface area contributed by atoms with Gasteiger partial charge in [-0.25, -0.2) is 4.79 Å². The van der Waals surface area contributed by atoms with Crippen LogP contribution in [0.4, 0.5) is 5.00 Å². The Morgan fingerprint density at radius 3 is 2.74 bits per heavy atom. The number of amides is 1. The van der Waals surface area contributed by atoms with Gasteiger partial charge >= 0.3 is 5.97 Å². The molecule has 162 valence electrons. The Balaban J connectivity index is 1.58. The largest absolute Gasteiger partial charge is 0.488 e. The quantitative estimate of drug-likeness (QED) is 0.551. The number of carbonyl (C=O) groups is 2. The van der Waals surface area contributed by atoms with Gasteiger partial charge in [0.2, 0.25) is 0 Å². The first-order chi connectivity index (χ1) is 15.0. The molecule has 31 heavy (non-hydrogen) atoms. The lowest BCUT2D eigenvalue weighted by Gasteiger charge is -2.11. The minimum Gasteiger partial charge on any atom is -0.488 e. The van der Waals surface area contributed by atoms with E-state index in [0.29, 0.717) is 21.9 Å². The second-order valence-electron chi connectivity index (χ2n) is 7.48. The maximum atomic E-state index is 13.1. The van der Waals surface area contributed by atoms with E-state index in [2.05, 4.69) is 10.5 Å². The summed E-state index contributed by atoms with van der Waals surface area (Å²) in [6.07, 6.45) is 3.80. The molecule has 2 aromatic heterocycles. The van der Waals surface area contributed by atoms with E-state index in [-0.39, 0.29) is 12.3 Å². The van der Waals surface area contributed by atoms with Gasteiger partial charge in [0.05, 0.1) is 18.2 Å². The molecule has 0 bridgehead atoms. The molecule has 0 aliphatic heterocycles. The first-order valence-corrected chi connectivity index (χ1v) is 11.0. The van der Waals surface area contributed by atoms with Crippen molar-refractivity contribution < 1.29 is 23.6 Å². The molecule has 1 N–H and O–H groups in total. The maximum Gasteiger partial charge on any atom is 0.341 e. The average molecular weight is 441 g/mol. The Hall–Kier alpha value is -3.13. The summed E-state index contributed by atoms with van der Waals surface area (Å²) in [4.78, 5) is 26.6. The molecule has 7 nitrogen and oxygen atoms in total. The highest BCUT2D eigenvalue weighted by Gasteiger charge is 2.29. The number of ether oxygens (including phenoxy) is 2. The van der Waals surface area contributed by atoms with Crippen LogP contribution in [0.15, 0.2) is 28.8 Å². The highest BCUT2D eigenvalue weighted by molar-refractivity contribution is 7.17. The molecule has 1 aliphatic carbocycles. The molecule has 0 spiro atoms. The molecular weight excluding hydrogens is 416 g/mol. The second kappa shape index (κ2) is 8.93. The molecule has 1 aromatic carbocycles. The number of para-hydroxylation sites is 1. The van der Waals surface area contributed by atoms with Crippen molar-refractivity contribution >= 4 is 28.2 Å². The molecule has 3 aromatic rings. The molecule has 0 saturated heterocycles. The SMILES string of the molecule is COC(=O)c1c(NC(=O)c2noc(C)c2COc2ccccc2C)sc2c1CCCC2. The minimum absolute atomic E-state index is 0.147. The lowest BCUT2D eigenvalue weighted by atomic mass is 9.95. The van der Waals surface area contributed by atoms with Crippen LogP contribution in [0.25, 0.3) is 0 Å². The molecule has 8 heteroatoms. The van der Waals surface area contributed by atoms with Crippen LogP contribution in [-0.4, -0.2) is 24.1 Å². The van der Waals surface area contributed by atoms with Crippen molar-refractivity contribution in [3.05, 3.63) is 62.9 Å². The summed E-state index contributed by atoms with van der Waals surface area (Å²) in [6, 6.07) is 7.65. The number of fused-ring (bicyclic) bond motifs is 1. The fraction of sp³-hybridized carbons (Fsp3) is 0.348. The van der Waals surface area contributed by atoms with Gasteiger partial charge < -0.3 is 19.3 Å². The molecule has 0 fully saturated rings. The molecule has 1 amide bonds. The summed E-state index contributed by atoms with van der Waals surface area (Å²) in [5.41, 5.74) is 3.15. The maximum absolute atomic E-state index is 13.1. The predicted molar refractivity (Wildman–Crippen MR) is 117 cm³/mol. The molecule has 0 unspecified atom stereocenters. The Morgan fingerprint density at radius 2 is 1.97 bits per heavy atom. The third-order valence-corrected chi connectivity index (χ3v) is 6.66. The van der Waals surface area contributed by atoms with Crippen LogP contribution in [0, 0.1) is 13.8 Å². The van der Waals surface area contributed by atoms with E-state index in [1.165, 1.54) is 18.4 Å². The topological polar surface area (TPSA) is 90.7 Å². The fourth-order valence-electron chi connectivity index (χ4n) is 3.74. The number of aromatic nitrogens is 1. The second-order valence-corrected chi connectivity index (χ2v) is 8.59. The highest BCUT2D eigenvalue weighted by Crippen LogP contribution is 2.38. The molecular formula is C23H24N2O5S. The van der Waals surface area contributed by atoms with E-state index in [1.54, 1.807) is 6.92 Å². The van der Waals surface area contributed by atoms with Gasteiger partial charge in [0.25, 0.3) is 5.91 Å². The van der Waals surface area contributed by atoms with Gasteiger partial charge in [-0.05, 0) is 56.7 Å². The zero-order valence-corrected chi connectivity index (χ0v) is 18.6. The number of nitrogens with one attached hydrogen (secondary N) is 1. The van der Waals surface area contributed by atoms with E-state index in [0.717, 1.165) is 47.4 Å². The van der Waals surface area contributed by atoms with Crippen LogP contribution in [0.5, 0.6) is 5.75 Å². The number of anilines is 1. The third-order valence-electron chi connectivity index (χ3n) is 5.45. The van der Waals surface area contributed by atoms with E-state index >= 15 is 0 Å². The number of carbonyl (C=O) groups excluding carboxylic acids is 2. The van der Waals surface area contributed by atoms with Gasteiger partial charge in [-0.15, -0.1) is 11.3 Å². The molecule has 0 saturated carbocycles. The van der Waals surface area contributed by atoms with Crippen LogP contribution in [0.1, 0.15) is 61.0 Å². The summed E-state index contributed by atoms with van der Waals surface area (Å²) in [5, 5.41) is 7.30. The Labute approximate surface area is 184 Å². The minimum atomic E-state index is -0.441. The van der Waals surface area contributed by atoms with E-state index in [9.17, 15) is 9.59 Å². The summed E-state index contributed by atoms with van der Waals surface area (Å²) < 4.78 is 16.1. The van der Waals surface area contributed by atoms with Gasteiger partial charge in [0.1, 0.15) is 23.1 Å². The summed E-state index contributed by atoms with van der Waals surface area (Å²) >= 11 is 1.43. The first kappa shape index (κ1) is 21.1. The monoisotopic (exact) mass is 440 g/mol. The number of hydrogen-bond donors (Lipinski definition) is 1. The van der Waals surface area contributed by atoms with Gasteiger partial charge in [-0.2, -0.15) is 0 Å². The normalized spacial score (nSPS) is 12.9. The molecule has 2 heterocycles. The van der Waals surface area contributed by atoms with Gasteiger partial charge in [-0.1, -0.05) is 23.4 Å². The van der Waals surface area contributed by atoms with Crippen LogP contribution in [-0.2, 0) is 24.2 Å². The van der Waals surface area contributed by atoms with Crippen molar-refractivity contribution in [3.8, 4) is 5.75 Å². The van der Waals surface area contributed by atoms with Gasteiger partial charge in [0.15, 0.2) is 5.69 Å². The summed E-state index contributed by atoms with van der Waals surface area (Å²) in [7, 11) is 1.35. The van der Waals surface area contributed by atoms with Crippen molar-refractivity contribution in [2.75, 3.05) is 12.4 Å². The lowest BCUT2D eigenvalue weighted by molar-refractivity contribution is 0.0601. The zero-order valence-electron chi connectivity index (χ0n) is 17.7. The first-order valence-electron chi connectivity index (χ1n) is 10.2. The van der Waals surface area contributed by atoms with Crippen molar-refractivity contribution in [3.63, 3.8) is 0 Å². The number of nitrogens with zero attached hydrogens (tertiary/aromatic N) is 1. The standard InChI is InChI=1S/C23H24N2O5S/c1-13-8-4-6-10-17(13)29-12-16-14(2)30-25-20(16)21(26)24-22-19(23(27)28-3)15-9-5-7-11-18(15)31-22/h4,6,8,10H,5,7,9,11-12H2,1-3H3,(H,24,26). The number of rotatable bonds is 6. The van der Waals surface area contributed by atoms with Gasteiger partial charge in [0, 0.05) is 4.88 Å². The van der Waals surface area contributed by atoms with Crippen LogP contribution in [0.2, 0.25) is 0 Å². The van der Waals surface area contributed by atoms with E-state index < -0.39 is 11.9 Å². The molecule has 0 radical (unpaired) electrons. The number of benzene rings is 1. The van der Waals surface area contributed by atoms with Gasteiger partial charge in [-0.3, -0.25) is 4.79 Å². The fourth-order valence-corrected chi connectivity index (χ4v) is 5.01. The number of thiophene rings is 1. The van der Waals surface area contributed by atoms with E-state index in [1.807, 2.05) is 31.2 Å². The Kier molecular flexibility index (Phi) is 6.08. The van der Waals surface area contributed by atoms with Crippen LogP contribution in [0.3, 0.4) is 0 Å². The average Bonchev–Trinajstić information content (AvgIpc) is 3.32. The van der Waals surface area contributed by atoms with Crippen molar-refractivity contribution in [2.24, 2.45) is 0 Å². The van der Waals surface area contributed by atoms with Crippen molar-refractivity contribution in [1.82, 2.24) is 5.16 Å². The summed E-state index contributed by atoms with van der Waals surface area (Å²) in [5.74, 6) is 0.365. The zero-order chi connectivity index (χ0) is 22.0. The lowest BCUT2D eigenvalue weighted by Crippen LogP contribution is -2.17. The third kappa shape index (κ3) is 4.20. The smallest absolute Gasteiger partial charge is 0.341 e. The molecule has 0 atom stereocenters. The molecule has 4 rings (SSSR count). The van der Waals surface area contributed by atoms with Crippen molar-refractivity contribution in [1.29, 1.82) is 0 Å². The number of hydrogen-bond acceptors (Lipinski definition) is 7. The Morgan fingerprint density at radius 1 is 1.19 bits per heavy atom. The number of aryl methyl sites for hydroxylation is 3. The van der Waals surface area contributed by atoms with Crippen LogP contribution < -0.4 is 10.1 Å². The highest BCUT2D eigenvalue weighted by atomic mass is 32.1. The van der Waals surface area contributed by atoms with Crippen LogP contribution >= 0.6 is 11.3 Å². The predicted octanol–water partition coefficient (Wildman–Crippen LogP) is 4.85. The van der Waals surface area contributed by atoms with Crippen molar-refractivity contribution in [2.45, 2.75) is 46.1 Å². The Bertz CT molecular complexity index is 1130. The van der Waals surface area contributed by atoms with E-state index in [4.69, 9.17) is 14.0 Å².